The number of hydrogen-bond acceptors (Lipinski definition) is 4. The minimum absolute atomic E-state index is 0.0369. The molecule has 0 spiro atoms. The number of piperidine rings is 1. The minimum atomic E-state index is -0.165. The van der Waals surface area contributed by atoms with E-state index in [0.717, 1.165) is 25.8 Å². The molecule has 18 heavy (non-hydrogen) atoms. The first-order valence-electron chi connectivity index (χ1n) is 6.66. The molecule has 0 bridgehead atoms. The lowest BCUT2D eigenvalue weighted by atomic mass is 9.98. The van der Waals surface area contributed by atoms with E-state index in [4.69, 9.17) is 4.74 Å². The monoisotopic (exact) mass is 256 g/mol. The smallest absolute Gasteiger partial charge is 0.309 e. The van der Waals surface area contributed by atoms with Crippen LogP contribution in [0.5, 0.6) is 0 Å². The fourth-order valence-electron chi connectivity index (χ4n) is 2.18. The van der Waals surface area contributed by atoms with E-state index in [-0.39, 0.29) is 23.8 Å². The van der Waals surface area contributed by atoms with Crippen LogP contribution < -0.4 is 5.32 Å². The molecular formula is C13H24N2O3. The van der Waals surface area contributed by atoms with Crippen LogP contribution in [0.2, 0.25) is 0 Å². The largest absolute Gasteiger partial charge is 0.469 e. The molecule has 5 nitrogen and oxygen atoms in total. The van der Waals surface area contributed by atoms with Gasteiger partial charge in [-0.3, -0.25) is 14.5 Å². The van der Waals surface area contributed by atoms with E-state index in [1.54, 1.807) is 0 Å². The van der Waals surface area contributed by atoms with Gasteiger partial charge in [-0.2, -0.15) is 0 Å². The molecule has 5 heteroatoms. The maximum absolute atomic E-state index is 11.8. The Kier molecular flexibility index (Phi) is 6.12. The Morgan fingerprint density at radius 1 is 1.50 bits per heavy atom. The third-order valence-electron chi connectivity index (χ3n) is 3.43. The minimum Gasteiger partial charge on any atom is -0.469 e. The Labute approximate surface area is 109 Å². The van der Waals surface area contributed by atoms with Gasteiger partial charge < -0.3 is 10.1 Å². The van der Waals surface area contributed by atoms with Gasteiger partial charge in [0.1, 0.15) is 0 Å². The van der Waals surface area contributed by atoms with E-state index in [1.165, 1.54) is 7.11 Å². The van der Waals surface area contributed by atoms with Crippen molar-refractivity contribution < 1.29 is 14.3 Å². The third kappa shape index (κ3) is 4.64. The maximum Gasteiger partial charge on any atom is 0.309 e. The zero-order valence-electron chi connectivity index (χ0n) is 11.6. The average Bonchev–Trinajstić information content (AvgIpc) is 2.37. The number of rotatable bonds is 5. The van der Waals surface area contributed by atoms with Crippen molar-refractivity contribution in [3.63, 3.8) is 0 Å². The van der Waals surface area contributed by atoms with Crippen molar-refractivity contribution in [2.24, 2.45) is 5.92 Å². The van der Waals surface area contributed by atoms with Gasteiger partial charge in [0.05, 0.1) is 19.6 Å². The lowest BCUT2D eigenvalue weighted by molar-refractivity contribution is -0.147. The van der Waals surface area contributed by atoms with Crippen molar-refractivity contribution in [2.75, 3.05) is 26.7 Å². The molecule has 1 rings (SSSR count). The van der Waals surface area contributed by atoms with Crippen LogP contribution >= 0.6 is 0 Å². The predicted molar refractivity (Wildman–Crippen MR) is 69.1 cm³/mol. The summed E-state index contributed by atoms with van der Waals surface area (Å²) in [6.45, 7) is 5.91. The third-order valence-corrected chi connectivity index (χ3v) is 3.43. The summed E-state index contributed by atoms with van der Waals surface area (Å²) in [6.07, 6.45) is 2.73. The number of nitrogens with one attached hydrogen (secondary N) is 1. The molecule has 0 saturated carbocycles. The van der Waals surface area contributed by atoms with E-state index >= 15 is 0 Å². The quantitative estimate of drug-likeness (QED) is 0.739. The van der Waals surface area contributed by atoms with Crippen molar-refractivity contribution >= 4 is 11.9 Å². The number of methoxy groups -OCH3 is 1. The van der Waals surface area contributed by atoms with Gasteiger partial charge in [0.15, 0.2) is 0 Å². The zero-order valence-corrected chi connectivity index (χ0v) is 11.6. The number of nitrogens with zero attached hydrogens (tertiary/aromatic N) is 1. The predicted octanol–water partition coefficient (Wildman–Crippen LogP) is 0.786. The van der Waals surface area contributed by atoms with Crippen molar-refractivity contribution in [3.8, 4) is 0 Å². The molecule has 1 heterocycles. The Balaban J connectivity index is 2.38. The zero-order chi connectivity index (χ0) is 13.5. The molecule has 104 valence electrons. The van der Waals surface area contributed by atoms with Crippen molar-refractivity contribution in [2.45, 2.75) is 39.2 Å². The lowest BCUT2D eigenvalue weighted by Gasteiger charge is -2.30. The van der Waals surface area contributed by atoms with Gasteiger partial charge in [0.2, 0.25) is 5.91 Å². The summed E-state index contributed by atoms with van der Waals surface area (Å²) in [5.41, 5.74) is 0. The summed E-state index contributed by atoms with van der Waals surface area (Å²) in [4.78, 5) is 25.3. The van der Waals surface area contributed by atoms with Gasteiger partial charge in [-0.1, -0.05) is 6.92 Å². The normalized spacial score (nSPS) is 22.3. The number of carbonyl (C=O) groups excluding carboxylic acids is 2. The van der Waals surface area contributed by atoms with Crippen LogP contribution in [0.1, 0.15) is 33.1 Å². The van der Waals surface area contributed by atoms with Gasteiger partial charge >= 0.3 is 5.97 Å². The molecule has 0 radical (unpaired) electrons. The summed E-state index contributed by atoms with van der Waals surface area (Å²) in [5, 5.41) is 2.94. The molecule has 1 aliphatic rings. The maximum atomic E-state index is 11.8. The van der Waals surface area contributed by atoms with Crippen LogP contribution in [0.15, 0.2) is 0 Å². The first kappa shape index (κ1) is 15.0. The second-order valence-electron chi connectivity index (χ2n) is 4.97. The molecule has 0 aromatic carbocycles. The highest BCUT2D eigenvalue weighted by Gasteiger charge is 2.27. The highest BCUT2D eigenvalue weighted by Crippen LogP contribution is 2.17. The van der Waals surface area contributed by atoms with E-state index in [2.05, 4.69) is 5.32 Å². The highest BCUT2D eigenvalue weighted by molar-refractivity contribution is 5.78. The molecule has 1 saturated heterocycles. The molecule has 0 aliphatic carbocycles. The van der Waals surface area contributed by atoms with Gasteiger partial charge in [-0.15, -0.1) is 0 Å². The Hall–Kier alpha value is -1.10. The molecule has 0 aromatic rings. The molecule has 2 unspecified atom stereocenters. The standard InChI is InChI=1S/C13H24N2O3/c1-4-10(2)14-12(16)9-15-7-5-6-11(8-15)13(17)18-3/h10-11H,4-9H2,1-3H3,(H,14,16). The second kappa shape index (κ2) is 7.36. The molecular weight excluding hydrogens is 232 g/mol. The fourth-order valence-corrected chi connectivity index (χ4v) is 2.18. The van der Waals surface area contributed by atoms with E-state index in [1.807, 2.05) is 18.7 Å². The second-order valence-corrected chi connectivity index (χ2v) is 4.97. The van der Waals surface area contributed by atoms with E-state index in [9.17, 15) is 9.59 Å². The number of esters is 1. The van der Waals surface area contributed by atoms with E-state index in [0.29, 0.717) is 13.1 Å². The van der Waals surface area contributed by atoms with Crippen LogP contribution in [0, 0.1) is 5.92 Å². The fraction of sp³-hybridized carbons (Fsp3) is 0.846. The molecule has 1 N–H and O–H groups in total. The van der Waals surface area contributed by atoms with Gasteiger partial charge in [-0.25, -0.2) is 0 Å². The number of likely N-dealkylation sites (tertiary alicyclic amines) is 1. The average molecular weight is 256 g/mol. The van der Waals surface area contributed by atoms with Crippen LogP contribution in [0.4, 0.5) is 0 Å². The van der Waals surface area contributed by atoms with Gasteiger partial charge in [-0.05, 0) is 32.7 Å². The Bertz CT molecular complexity index is 294. The van der Waals surface area contributed by atoms with Crippen LogP contribution in [-0.4, -0.2) is 49.6 Å². The first-order chi connectivity index (χ1) is 8.56. The molecule has 2 atom stereocenters. The summed E-state index contributed by atoms with van der Waals surface area (Å²) < 4.78 is 4.76. The molecule has 1 amide bonds. The molecule has 1 fully saturated rings. The number of carbonyl (C=O) groups is 2. The van der Waals surface area contributed by atoms with Crippen LogP contribution in [0.25, 0.3) is 0 Å². The Morgan fingerprint density at radius 3 is 2.83 bits per heavy atom. The lowest BCUT2D eigenvalue weighted by Crippen LogP contribution is -2.46. The number of amides is 1. The summed E-state index contributed by atoms with van der Waals surface area (Å²) in [6, 6.07) is 0.207. The number of ether oxygens (including phenoxy) is 1. The summed E-state index contributed by atoms with van der Waals surface area (Å²) in [5.74, 6) is -0.211. The van der Waals surface area contributed by atoms with Crippen LogP contribution in [0.3, 0.4) is 0 Å². The number of hydrogen-bond donors (Lipinski definition) is 1. The SMILES string of the molecule is CCC(C)NC(=O)CN1CCCC(C(=O)OC)C1. The topological polar surface area (TPSA) is 58.6 Å². The van der Waals surface area contributed by atoms with Gasteiger partial charge in [0, 0.05) is 12.6 Å². The van der Waals surface area contributed by atoms with Crippen molar-refractivity contribution in [3.05, 3.63) is 0 Å². The van der Waals surface area contributed by atoms with E-state index < -0.39 is 0 Å². The van der Waals surface area contributed by atoms with Crippen LogP contribution in [-0.2, 0) is 14.3 Å². The molecule has 0 aromatic heterocycles. The van der Waals surface area contributed by atoms with Crippen molar-refractivity contribution in [1.29, 1.82) is 0 Å². The summed E-state index contributed by atoms with van der Waals surface area (Å²) in [7, 11) is 1.41. The van der Waals surface area contributed by atoms with Crippen molar-refractivity contribution in [1.82, 2.24) is 10.2 Å². The van der Waals surface area contributed by atoms with Gasteiger partial charge in [0.25, 0.3) is 0 Å². The first-order valence-corrected chi connectivity index (χ1v) is 6.66. The highest BCUT2D eigenvalue weighted by atomic mass is 16.5. The summed E-state index contributed by atoms with van der Waals surface area (Å²) >= 11 is 0. The molecule has 1 aliphatic heterocycles. The Morgan fingerprint density at radius 2 is 2.22 bits per heavy atom.